The van der Waals surface area contributed by atoms with Gasteiger partial charge < -0.3 is 4.90 Å². The van der Waals surface area contributed by atoms with E-state index >= 15 is 0 Å². The van der Waals surface area contributed by atoms with Crippen molar-refractivity contribution in [2.75, 3.05) is 33.2 Å². The lowest BCUT2D eigenvalue weighted by molar-refractivity contribution is 0.0959. The van der Waals surface area contributed by atoms with Gasteiger partial charge >= 0.3 is 0 Å². The molecule has 1 aliphatic heterocycles. The molecule has 2 rings (SSSR count). The van der Waals surface area contributed by atoms with Crippen molar-refractivity contribution < 1.29 is 9.18 Å². The maximum atomic E-state index is 13.5. The molecule has 3 nitrogen and oxygen atoms in total. The Hall–Kier alpha value is -1.26. The number of rotatable bonds is 7. The van der Waals surface area contributed by atoms with Gasteiger partial charge in [-0.3, -0.25) is 9.69 Å². The summed E-state index contributed by atoms with van der Waals surface area (Å²) in [6, 6.07) is 6.82. The molecule has 1 aromatic carbocycles. The molecule has 1 unspecified atom stereocenters. The number of carbonyl (C=O) groups excluding carboxylic acids is 1. The van der Waals surface area contributed by atoms with Crippen LogP contribution in [0.4, 0.5) is 4.39 Å². The van der Waals surface area contributed by atoms with Crippen LogP contribution in [0.2, 0.25) is 0 Å². The zero-order chi connectivity index (χ0) is 15.2. The maximum absolute atomic E-state index is 13.5. The monoisotopic (exact) mass is 292 g/mol. The van der Waals surface area contributed by atoms with Gasteiger partial charge in [0, 0.05) is 25.6 Å². The average Bonchev–Trinajstić information content (AvgIpc) is 2.92. The number of nitrogens with zero attached hydrogens (tertiary/aromatic N) is 2. The zero-order valence-electron chi connectivity index (χ0n) is 13.0. The summed E-state index contributed by atoms with van der Waals surface area (Å²) in [6.07, 6.45) is 2.87. The first-order valence-electron chi connectivity index (χ1n) is 7.82. The van der Waals surface area contributed by atoms with E-state index in [1.165, 1.54) is 25.5 Å². The average molecular weight is 292 g/mol. The first kappa shape index (κ1) is 16.1. The van der Waals surface area contributed by atoms with Crippen molar-refractivity contribution in [1.29, 1.82) is 0 Å². The predicted molar refractivity (Wildman–Crippen MR) is 83.1 cm³/mol. The molecule has 21 heavy (non-hydrogen) atoms. The van der Waals surface area contributed by atoms with E-state index < -0.39 is 5.82 Å². The van der Waals surface area contributed by atoms with Crippen LogP contribution in [-0.2, 0) is 0 Å². The molecule has 0 N–H and O–H groups in total. The molecule has 0 saturated carbocycles. The van der Waals surface area contributed by atoms with Gasteiger partial charge in [-0.2, -0.15) is 0 Å². The van der Waals surface area contributed by atoms with Gasteiger partial charge in [-0.25, -0.2) is 4.39 Å². The molecular formula is C17H25FN2O. The van der Waals surface area contributed by atoms with Crippen LogP contribution in [0, 0.1) is 5.82 Å². The molecule has 4 heteroatoms. The molecule has 1 aliphatic rings. The van der Waals surface area contributed by atoms with Crippen LogP contribution in [0.15, 0.2) is 24.3 Å². The summed E-state index contributed by atoms with van der Waals surface area (Å²) >= 11 is 0. The van der Waals surface area contributed by atoms with Crippen molar-refractivity contribution in [1.82, 2.24) is 9.80 Å². The number of likely N-dealkylation sites (tertiary alicyclic amines) is 1. The molecule has 1 saturated heterocycles. The molecule has 1 aromatic rings. The van der Waals surface area contributed by atoms with Gasteiger partial charge in [0.2, 0.25) is 0 Å². The molecule has 0 aromatic heterocycles. The third-order valence-corrected chi connectivity index (χ3v) is 4.32. The maximum Gasteiger partial charge on any atom is 0.167 e. The van der Waals surface area contributed by atoms with E-state index in [1.807, 2.05) is 7.05 Å². The highest BCUT2D eigenvalue weighted by molar-refractivity contribution is 5.96. The highest BCUT2D eigenvalue weighted by Crippen LogP contribution is 2.17. The molecule has 0 aliphatic carbocycles. The molecule has 0 radical (unpaired) electrons. The molecule has 0 bridgehead atoms. The Labute approximate surface area is 126 Å². The highest BCUT2D eigenvalue weighted by atomic mass is 19.1. The number of carbonyl (C=O) groups is 1. The van der Waals surface area contributed by atoms with E-state index in [-0.39, 0.29) is 11.3 Å². The summed E-state index contributed by atoms with van der Waals surface area (Å²) in [6.45, 7) is 6.13. The molecule has 1 atom stereocenters. The van der Waals surface area contributed by atoms with E-state index in [1.54, 1.807) is 18.2 Å². The Morgan fingerprint density at radius 1 is 1.43 bits per heavy atom. The van der Waals surface area contributed by atoms with Crippen LogP contribution in [0.1, 0.15) is 36.5 Å². The fraction of sp³-hybridized carbons (Fsp3) is 0.588. The quantitative estimate of drug-likeness (QED) is 0.722. The van der Waals surface area contributed by atoms with Gasteiger partial charge in [0.25, 0.3) is 0 Å². The van der Waals surface area contributed by atoms with Crippen LogP contribution in [0.25, 0.3) is 0 Å². The standard InChI is InChI=1S/C17H25FN2O/c1-3-20-11-6-7-14(20)13-19(2)12-10-17(21)15-8-4-5-9-16(15)18/h4-5,8-9,14H,3,6-7,10-13H2,1-2H3. The van der Waals surface area contributed by atoms with E-state index in [0.29, 0.717) is 19.0 Å². The number of Topliss-reactive ketones (excluding diaryl/α,β-unsaturated/α-hetero) is 1. The van der Waals surface area contributed by atoms with Crippen molar-refractivity contribution in [3.05, 3.63) is 35.6 Å². The Morgan fingerprint density at radius 2 is 2.19 bits per heavy atom. The van der Waals surface area contributed by atoms with E-state index in [4.69, 9.17) is 0 Å². The number of ketones is 1. The van der Waals surface area contributed by atoms with E-state index in [0.717, 1.165) is 13.1 Å². The van der Waals surface area contributed by atoms with Crippen LogP contribution in [0.5, 0.6) is 0 Å². The third-order valence-electron chi connectivity index (χ3n) is 4.32. The fourth-order valence-electron chi connectivity index (χ4n) is 3.08. The molecular weight excluding hydrogens is 267 g/mol. The predicted octanol–water partition coefficient (Wildman–Crippen LogP) is 2.81. The van der Waals surface area contributed by atoms with Crippen molar-refractivity contribution in [3.8, 4) is 0 Å². The van der Waals surface area contributed by atoms with Crippen LogP contribution >= 0.6 is 0 Å². The lowest BCUT2D eigenvalue weighted by Gasteiger charge is -2.27. The lowest BCUT2D eigenvalue weighted by Crippen LogP contribution is -2.39. The minimum atomic E-state index is -0.418. The number of likely N-dealkylation sites (N-methyl/N-ethyl adjacent to an activating group) is 2. The highest BCUT2D eigenvalue weighted by Gasteiger charge is 2.24. The largest absolute Gasteiger partial charge is 0.304 e. The van der Waals surface area contributed by atoms with E-state index in [2.05, 4.69) is 16.7 Å². The molecule has 0 spiro atoms. The smallest absolute Gasteiger partial charge is 0.167 e. The second-order valence-electron chi connectivity index (χ2n) is 5.84. The Balaban J connectivity index is 1.80. The van der Waals surface area contributed by atoms with Crippen molar-refractivity contribution >= 4 is 5.78 Å². The summed E-state index contributed by atoms with van der Waals surface area (Å²) in [5.41, 5.74) is 0.210. The minimum absolute atomic E-state index is 0.112. The number of benzene rings is 1. The first-order chi connectivity index (χ1) is 10.1. The van der Waals surface area contributed by atoms with Crippen LogP contribution in [-0.4, -0.2) is 54.9 Å². The third kappa shape index (κ3) is 4.35. The van der Waals surface area contributed by atoms with Gasteiger partial charge in [-0.15, -0.1) is 0 Å². The summed E-state index contributed by atoms with van der Waals surface area (Å²) in [4.78, 5) is 16.7. The Bertz CT molecular complexity index is 478. The van der Waals surface area contributed by atoms with Crippen molar-refractivity contribution in [2.45, 2.75) is 32.2 Å². The second kappa shape index (κ2) is 7.66. The van der Waals surface area contributed by atoms with Gasteiger partial charge in [0.15, 0.2) is 5.78 Å². The second-order valence-corrected chi connectivity index (χ2v) is 5.84. The molecule has 116 valence electrons. The normalized spacial score (nSPS) is 19.3. The van der Waals surface area contributed by atoms with Gasteiger partial charge in [0.1, 0.15) is 5.82 Å². The minimum Gasteiger partial charge on any atom is -0.304 e. The fourth-order valence-corrected chi connectivity index (χ4v) is 3.08. The number of hydrogen-bond acceptors (Lipinski definition) is 3. The summed E-state index contributed by atoms with van der Waals surface area (Å²) in [7, 11) is 2.04. The summed E-state index contributed by atoms with van der Waals surface area (Å²) in [5.74, 6) is -0.531. The summed E-state index contributed by atoms with van der Waals surface area (Å²) < 4.78 is 13.5. The summed E-state index contributed by atoms with van der Waals surface area (Å²) in [5, 5.41) is 0. The van der Waals surface area contributed by atoms with Crippen LogP contribution < -0.4 is 0 Å². The number of halogens is 1. The molecule has 1 fully saturated rings. The lowest BCUT2D eigenvalue weighted by atomic mass is 10.1. The Kier molecular flexibility index (Phi) is 5.88. The van der Waals surface area contributed by atoms with Gasteiger partial charge in [-0.1, -0.05) is 19.1 Å². The van der Waals surface area contributed by atoms with Crippen molar-refractivity contribution in [2.24, 2.45) is 0 Å². The van der Waals surface area contributed by atoms with Crippen LogP contribution in [0.3, 0.4) is 0 Å². The van der Waals surface area contributed by atoms with Gasteiger partial charge in [-0.05, 0) is 45.1 Å². The molecule has 0 amide bonds. The SMILES string of the molecule is CCN1CCCC1CN(C)CCC(=O)c1ccccc1F. The first-order valence-corrected chi connectivity index (χ1v) is 7.82. The van der Waals surface area contributed by atoms with E-state index in [9.17, 15) is 9.18 Å². The Morgan fingerprint density at radius 3 is 2.90 bits per heavy atom. The zero-order valence-corrected chi connectivity index (χ0v) is 13.0. The van der Waals surface area contributed by atoms with Gasteiger partial charge in [0.05, 0.1) is 5.56 Å². The molecule has 1 heterocycles. The topological polar surface area (TPSA) is 23.6 Å². The number of hydrogen-bond donors (Lipinski definition) is 0. The van der Waals surface area contributed by atoms with Crippen molar-refractivity contribution in [3.63, 3.8) is 0 Å².